The number of amides is 1. The van der Waals surface area contributed by atoms with Crippen molar-refractivity contribution < 1.29 is 17.9 Å². The molecule has 6 rings (SSSR count). The molecule has 0 unspecified atom stereocenters. The van der Waals surface area contributed by atoms with Crippen molar-refractivity contribution in [1.29, 1.82) is 0 Å². The van der Waals surface area contributed by atoms with E-state index in [2.05, 4.69) is 5.10 Å². The molecule has 0 radical (unpaired) electrons. The summed E-state index contributed by atoms with van der Waals surface area (Å²) < 4.78 is 34.6. The van der Waals surface area contributed by atoms with Gasteiger partial charge in [-0.15, -0.1) is 0 Å². The molecule has 2 heterocycles. The van der Waals surface area contributed by atoms with Gasteiger partial charge in [-0.3, -0.25) is 9.48 Å². The molecule has 2 aromatic carbocycles. The van der Waals surface area contributed by atoms with E-state index in [1.165, 1.54) is 0 Å². The SMILES string of the molecule is Cn1nc(N)c2cc(-c3ccc(S(=O)(=O)C4CCC5(CC4)CN(C4CC4)C(=O)CO5)cc3)ccc21. The molecule has 0 atom stereocenters. The zero-order valence-electron chi connectivity index (χ0n) is 19.8. The highest BCUT2D eigenvalue weighted by Gasteiger charge is 2.48. The molecule has 1 saturated heterocycles. The topological polar surface area (TPSA) is 108 Å². The Morgan fingerprint density at radius 3 is 2.40 bits per heavy atom. The van der Waals surface area contributed by atoms with Crippen LogP contribution in [0.3, 0.4) is 0 Å². The molecule has 2 saturated carbocycles. The molecule has 0 bridgehead atoms. The number of sulfone groups is 1. The van der Waals surface area contributed by atoms with Crippen molar-refractivity contribution in [1.82, 2.24) is 14.7 Å². The van der Waals surface area contributed by atoms with Gasteiger partial charge in [0.15, 0.2) is 15.7 Å². The summed E-state index contributed by atoms with van der Waals surface area (Å²) in [4.78, 5) is 14.5. The number of hydrogen-bond acceptors (Lipinski definition) is 6. The average molecular weight is 495 g/mol. The maximum absolute atomic E-state index is 13.4. The fourth-order valence-electron chi connectivity index (χ4n) is 5.69. The lowest BCUT2D eigenvalue weighted by molar-refractivity contribution is -0.169. The zero-order valence-corrected chi connectivity index (χ0v) is 20.6. The number of nitrogen functional groups attached to an aromatic ring is 1. The van der Waals surface area contributed by atoms with E-state index >= 15 is 0 Å². The number of aryl methyl sites for hydroxylation is 1. The number of hydrogen-bond donors (Lipinski definition) is 1. The summed E-state index contributed by atoms with van der Waals surface area (Å²) in [6.45, 7) is 0.718. The fourth-order valence-corrected chi connectivity index (χ4v) is 7.45. The van der Waals surface area contributed by atoms with E-state index in [4.69, 9.17) is 10.5 Å². The number of anilines is 1. The van der Waals surface area contributed by atoms with E-state index in [1.807, 2.05) is 42.3 Å². The average Bonchev–Trinajstić information content (AvgIpc) is 3.67. The van der Waals surface area contributed by atoms with Gasteiger partial charge < -0.3 is 15.4 Å². The van der Waals surface area contributed by atoms with Crippen molar-refractivity contribution in [3.05, 3.63) is 42.5 Å². The Hall–Kier alpha value is -2.91. The number of rotatable bonds is 4. The van der Waals surface area contributed by atoms with E-state index in [9.17, 15) is 13.2 Å². The Kier molecular flexibility index (Phi) is 5.19. The molecule has 3 fully saturated rings. The zero-order chi connectivity index (χ0) is 24.4. The first-order chi connectivity index (χ1) is 16.8. The van der Waals surface area contributed by atoms with Gasteiger partial charge in [-0.05, 0) is 73.9 Å². The molecule has 2 aliphatic carbocycles. The third-order valence-corrected chi connectivity index (χ3v) is 10.2. The van der Waals surface area contributed by atoms with Crippen molar-refractivity contribution in [2.75, 3.05) is 18.9 Å². The van der Waals surface area contributed by atoms with E-state index in [0.717, 1.165) is 34.9 Å². The van der Waals surface area contributed by atoms with Crippen LogP contribution in [0, 0.1) is 0 Å². The van der Waals surface area contributed by atoms with Gasteiger partial charge in [0, 0.05) is 18.5 Å². The van der Waals surface area contributed by atoms with Gasteiger partial charge in [0.05, 0.1) is 27.8 Å². The molecule has 3 aromatic rings. The van der Waals surface area contributed by atoms with Crippen LogP contribution < -0.4 is 5.73 Å². The summed E-state index contributed by atoms with van der Waals surface area (Å²) in [7, 11) is -1.60. The summed E-state index contributed by atoms with van der Waals surface area (Å²) in [5, 5.41) is 4.71. The van der Waals surface area contributed by atoms with Crippen molar-refractivity contribution in [3.8, 4) is 11.1 Å². The first kappa shape index (κ1) is 22.5. The molecule has 9 heteroatoms. The first-order valence-electron chi connectivity index (χ1n) is 12.3. The number of carbonyl (C=O) groups is 1. The number of morpholine rings is 1. The second-order valence-corrected chi connectivity index (χ2v) is 12.5. The number of aromatic nitrogens is 2. The maximum Gasteiger partial charge on any atom is 0.248 e. The molecular weight excluding hydrogens is 464 g/mol. The van der Waals surface area contributed by atoms with Crippen LogP contribution in [0.5, 0.6) is 0 Å². The Morgan fingerprint density at radius 2 is 1.71 bits per heavy atom. The van der Waals surface area contributed by atoms with Crippen LogP contribution >= 0.6 is 0 Å². The number of carbonyl (C=O) groups excluding carboxylic acids is 1. The predicted octanol–water partition coefficient (Wildman–Crippen LogP) is 3.30. The van der Waals surface area contributed by atoms with Crippen LogP contribution in [0.1, 0.15) is 38.5 Å². The van der Waals surface area contributed by atoms with Crippen molar-refractivity contribution in [3.63, 3.8) is 0 Å². The second kappa shape index (κ2) is 8.06. The molecular formula is C26H30N4O4S. The van der Waals surface area contributed by atoms with E-state index in [1.54, 1.807) is 16.8 Å². The molecule has 184 valence electrons. The molecule has 8 nitrogen and oxygen atoms in total. The van der Waals surface area contributed by atoms with E-state index in [0.29, 0.717) is 49.0 Å². The van der Waals surface area contributed by atoms with E-state index in [-0.39, 0.29) is 18.1 Å². The van der Waals surface area contributed by atoms with Gasteiger partial charge in [0.1, 0.15) is 6.61 Å². The molecule has 35 heavy (non-hydrogen) atoms. The van der Waals surface area contributed by atoms with Gasteiger partial charge in [-0.2, -0.15) is 5.10 Å². The van der Waals surface area contributed by atoms with Gasteiger partial charge in [0.25, 0.3) is 0 Å². The highest BCUT2D eigenvalue weighted by molar-refractivity contribution is 7.92. The van der Waals surface area contributed by atoms with Crippen LogP contribution in [-0.4, -0.2) is 59.0 Å². The predicted molar refractivity (Wildman–Crippen MR) is 133 cm³/mol. The Labute approximate surface area is 205 Å². The monoisotopic (exact) mass is 494 g/mol. The molecule has 1 aliphatic heterocycles. The van der Waals surface area contributed by atoms with Crippen molar-refractivity contribution in [2.24, 2.45) is 7.05 Å². The van der Waals surface area contributed by atoms with Crippen LogP contribution in [-0.2, 0) is 26.4 Å². The summed E-state index contributed by atoms with van der Waals surface area (Å²) in [6, 6.07) is 13.4. The van der Waals surface area contributed by atoms with Crippen LogP contribution in [0.4, 0.5) is 5.82 Å². The van der Waals surface area contributed by atoms with Crippen LogP contribution in [0.15, 0.2) is 47.4 Å². The number of nitrogens with zero attached hydrogens (tertiary/aromatic N) is 3. The highest BCUT2D eigenvalue weighted by atomic mass is 32.2. The molecule has 1 spiro atoms. The summed E-state index contributed by atoms with van der Waals surface area (Å²) in [5.74, 6) is 0.545. The highest BCUT2D eigenvalue weighted by Crippen LogP contribution is 2.41. The van der Waals surface area contributed by atoms with Crippen molar-refractivity contribution >= 4 is 32.5 Å². The van der Waals surface area contributed by atoms with Gasteiger partial charge in [0.2, 0.25) is 5.91 Å². The lowest BCUT2D eigenvalue weighted by atomic mass is 9.83. The third-order valence-electron chi connectivity index (χ3n) is 7.95. The standard InChI is InChI=1S/C26H30N4O4S/c1-29-23-9-4-18(14-22(23)25(27)28-29)17-2-7-20(8-3-17)35(32,33)21-10-12-26(13-11-21)16-30(19-5-6-19)24(31)15-34-26/h2-4,7-9,14,19,21H,5-6,10-13,15-16H2,1H3,(H2,27,28). The minimum absolute atomic E-state index is 0.0679. The second-order valence-electron chi connectivity index (χ2n) is 10.2. The van der Waals surface area contributed by atoms with Crippen molar-refractivity contribution in [2.45, 2.75) is 60.3 Å². The van der Waals surface area contributed by atoms with Gasteiger partial charge >= 0.3 is 0 Å². The minimum atomic E-state index is -3.45. The van der Waals surface area contributed by atoms with Crippen LogP contribution in [0.2, 0.25) is 0 Å². The lowest BCUT2D eigenvalue weighted by Crippen LogP contribution is -2.57. The number of fused-ring (bicyclic) bond motifs is 1. The Bertz CT molecular complexity index is 1400. The van der Waals surface area contributed by atoms with Crippen LogP contribution in [0.25, 0.3) is 22.0 Å². The first-order valence-corrected chi connectivity index (χ1v) is 13.8. The lowest BCUT2D eigenvalue weighted by Gasteiger charge is -2.46. The normalized spacial score (nSPS) is 25.5. The minimum Gasteiger partial charge on any atom is -0.382 e. The number of nitrogens with two attached hydrogens (primary N) is 1. The Morgan fingerprint density at radius 1 is 1.03 bits per heavy atom. The molecule has 1 amide bonds. The van der Waals surface area contributed by atoms with Gasteiger partial charge in [-0.1, -0.05) is 18.2 Å². The number of benzene rings is 2. The summed E-state index contributed by atoms with van der Waals surface area (Å²) >= 11 is 0. The van der Waals surface area contributed by atoms with E-state index < -0.39 is 15.1 Å². The largest absolute Gasteiger partial charge is 0.382 e. The summed E-state index contributed by atoms with van der Waals surface area (Å²) in [6.07, 6.45) is 4.56. The fraction of sp³-hybridized carbons (Fsp3) is 0.462. The molecule has 2 N–H and O–H groups in total. The number of ether oxygens (including phenoxy) is 1. The summed E-state index contributed by atoms with van der Waals surface area (Å²) in [5.41, 5.74) is 8.48. The molecule has 3 aliphatic rings. The third kappa shape index (κ3) is 3.90. The maximum atomic E-state index is 13.4. The molecule has 1 aromatic heterocycles. The van der Waals surface area contributed by atoms with Gasteiger partial charge in [-0.25, -0.2) is 8.42 Å². The Balaban J connectivity index is 1.17. The smallest absolute Gasteiger partial charge is 0.248 e. The quantitative estimate of drug-likeness (QED) is 0.596.